The summed E-state index contributed by atoms with van der Waals surface area (Å²) in [5, 5.41) is 11.6. The summed E-state index contributed by atoms with van der Waals surface area (Å²) in [4.78, 5) is 21.4. The second-order valence-electron chi connectivity index (χ2n) is 5.55. The minimum atomic E-state index is -0.663. The number of rotatable bonds is 6. The summed E-state index contributed by atoms with van der Waals surface area (Å²) >= 11 is 7.12. The van der Waals surface area contributed by atoms with E-state index in [2.05, 4.69) is 25.3 Å². The van der Waals surface area contributed by atoms with Crippen molar-refractivity contribution in [2.45, 2.75) is 10.5 Å². The Kier molecular flexibility index (Phi) is 4.99. The summed E-state index contributed by atoms with van der Waals surface area (Å²) in [6.45, 7) is 0. The van der Waals surface area contributed by atoms with Crippen molar-refractivity contribution in [3.8, 4) is 11.4 Å². The molecule has 1 atom stereocenters. The number of aromatic nitrogens is 6. The zero-order valence-electron chi connectivity index (χ0n) is 13.9. The fraction of sp³-hybridized carbons (Fsp3) is 0.0556. The highest BCUT2D eigenvalue weighted by Gasteiger charge is 2.26. The highest BCUT2D eigenvalue weighted by atomic mass is 35.5. The molecule has 0 aliphatic carbocycles. The second kappa shape index (κ2) is 7.73. The van der Waals surface area contributed by atoms with Crippen LogP contribution in [0.2, 0.25) is 5.02 Å². The molecule has 0 amide bonds. The molecule has 0 bridgehead atoms. The third-order valence-electron chi connectivity index (χ3n) is 3.76. The van der Waals surface area contributed by atoms with Crippen LogP contribution in [0.25, 0.3) is 11.4 Å². The minimum Gasteiger partial charge on any atom is -0.291 e. The molecule has 1 unspecified atom stereocenters. The van der Waals surface area contributed by atoms with Crippen molar-refractivity contribution in [3.63, 3.8) is 0 Å². The standard InChI is InChI=1S/C18H13ClN6OS/c19-14-8-6-13(7-9-14)16-22-18(24-23-16)27-17(25-11-20-10-21-25)15(26)12-4-2-1-3-5-12/h1-11,17H,(H,22,23,24). The Morgan fingerprint density at radius 1 is 1.11 bits per heavy atom. The van der Waals surface area contributed by atoms with Crippen LogP contribution in [0.5, 0.6) is 0 Å². The number of H-pyrrole nitrogens is 1. The van der Waals surface area contributed by atoms with Gasteiger partial charge in [0, 0.05) is 16.1 Å². The molecule has 27 heavy (non-hydrogen) atoms. The van der Waals surface area contributed by atoms with Crippen molar-refractivity contribution in [2.24, 2.45) is 0 Å². The average molecular weight is 397 g/mol. The van der Waals surface area contributed by atoms with Gasteiger partial charge in [0.1, 0.15) is 12.7 Å². The summed E-state index contributed by atoms with van der Waals surface area (Å²) in [6, 6.07) is 16.3. The molecular weight excluding hydrogens is 384 g/mol. The fourth-order valence-electron chi connectivity index (χ4n) is 2.45. The van der Waals surface area contributed by atoms with Gasteiger partial charge in [0.15, 0.2) is 17.0 Å². The zero-order valence-corrected chi connectivity index (χ0v) is 15.4. The summed E-state index contributed by atoms with van der Waals surface area (Å²) in [5.74, 6) is 0.489. The lowest BCUT2D eigenvalue weighted by molar-refractivity contribution is 0.0962. The Morgan fingerprint density at radius 3 is 2.59 bits per heavy atom. The lowest BCUT2D eigenvalue weighted by Crippen LogP contribution is -2.17. The van der Waals surface area contributed by atoms with Gasteiger partial charge in [-0.2, -0.15) is 5.10 Å². The second-order valence-corrected chi connectivity index (χ2v) is 7.03. The Bertz CT molecular complexity index is 1030. The molecule has 0 aliphatic rings. The van der Waals surface area contributed by atoms with Crippen molar-refractivity contribution in [1.82, 2.24) is 29.9 Å². The van der Waals surface area contributed by atoms with Crippen LogP contribution in [0.4, 0.5) is 0 Å². The van der Waals surface area contributed by atoms with E-state index >= 15 is 0 Å². The molecule has 2 heterocycles. The highest BCUT2D eigenvalue weighted by Crippen LogP contribution is 2.32. The fourth-order valence-corrected chi connectivity index (χ4v) is 3.47. The lowest BCUT2D eigenvalue weighted by atomic mass is 10.1. The Morgan fingerprint density at radius 2 is 1.89 bits per heavy atom. The molecule has 0 saturated heterocycles. The van der Waals surface area contributed by atoms with Crippen LogP contribution in [0.15, 0.2) is 72.4 Å². The van der Waals surface area contributed by atoms with Crippen LogP contribution in [-0.2, 0) is 0 Å². The Labute approximate surface area is 163 Å². The summed E-state index contributed by atoms with van der Waals surface area (Å²) < 4.78 is 1.50. The predicted molar refractivity (Wildman–Crippen MR) is 103 cm³/mol. The number of Topliss-reactive ketones (excluding diaryl/α,β-unsaturated/α-hetero) is 1. The van der Waals surface area contributed by atoms with Crippen LogP contribution in [-0.4, -0.2) is 35.7 Å². The predicted octanol–water partition coefficient (Wildman–Crippen LogP) is 3.89. The van der Waals surface area contributed by atoms with E-state index in [4.69, 9.17) is 11.6 Å². The molecule has 0 radical (unpaired) electrons. The third kappa shape index (κ3) is 3.91. The average Bonchev–Trinajstić information content (AvgIpc) is 3.39. The van der Waals surface area contributed by atoms with Gasteiger partial charge in [0.05, 0.1) is 0 Å². The van der Waals surface area contributed by atoms with Gasteiger partial charge in [0.25, 0.3) is 0 Å². The maximum absolute atomic E-state index is 13.0. The largest absolute Gasteiger partial charge is 0.291 e. The molecule has 7 nitrogen and oxygen atoms in total. The molecule has 4 aromatic rings. The van der Waals surface area contributed by atoms with Crippen molar-refractivity contribution < 1.29 is 4.79 Å². The number of nitrogens with one attached hydrogen (secondary N) is 1. The first-order chi connectivity index (χ1) is 13.2. The maximum Gasteiger partial charge on any atom is 0.211 e. The van der Waals surface area contributed by atoms with Crippen LogP contribution in [0.3, 0.4) is 0 Å². The number of carbonyl (C=O) groups is 1. The number of halogens is 1. The number of aromatic amines is 1. The van der Waals surface area contributed by atoms with E-state index in [-0.39, 0.29) is 5.78 Å². The Hall–Kier alpha value is -2.97. The van der Waals surface area contributed by atoms with Gasteiger partial charge in [-0.05, 0) is 36.0 Å². The molecule has 2 aromatic heterocycles. The van der Waals surface area contributed by atoms with Gasteiger partial charge in [-0.15, -0.1) is 5.10 Å². The van der Waals surface area contributed by atoms with Crippen LogP contribution in [0.1, 0.15) is 15.7 Å². The van der Waals surface area contributed by atoms with E-state index < -0.39 is 5.37 Å². The topological polar surface area (TPSA) is 89.4 Å². The first-order valence-electron chi connectivity index (χ1n) is 7.99. The summed E-state index contributed by atoms with van der Waals surface area (Å²) in [7, 11) is 0. The van der Waals surface area contributed by atoms with E-state index in [9.17, 15) is 4.79 Å². The molecule has 9 heteroatoms. The number of thioether (sulfide) groups is 1. The third-order valence-corrected chi connectivity index (χ3v) is 5.06. The summed E-state index contributed by atoms with van der Waals surface area (Å²) in [6.07, 6.45) is 2.90. The number of ketones is 1. The number of nitrogens with zero attached hydrogens (tertiary/aromatic N) is 5. The van der Waals surface area contributed by atoms with Gasteiger partial charge < -0.3 is 0 Å². The minimum absolute atomic E-state index is 0.107. The van der Waals surface area contributed by atoms with Crippen LogP contribution >= 0.6 is 23.4 Å². The van der Waals surface area contributed by atoms with Gasteiger partial charge in [-0.1, -0.05) is 41.9 Å². The number of carbonyl (C=O) groups excluding carboxylic acids is 1. The van der Waals surface area contributed by atoms with Gasteiger partial charge in [-0.3, -0.25) is 9.89 Å². The highest BCUT2D eigenvalue weighted by molar-refractivity contribution is 7.99. The molecule has 0 fully saturated rings. The molecule has 1 N–H and O–H groups in total. The maximum atomic E-state index is 13.0. The van der Waals surface area contributed by atoms with E-state index in [0.29, 0.717) is 21.6 Å². The van der Waals surface area contributed by atoms with E-state index in [1.54, 1.807) is 24.3 Å². The first-order valence-corrected chi connectivity index (χ1v) is 9.25. The lowest BCUT2D eigenvalue weighted by Gasteiger charge is -2.13. The number of hydrogen-bond donors (Lipinski definition) is 1. The molecule has 0 saturated carbocycles. The Balaban J connectivity index is 1.61. The van der Waals surface area contributed by atoms with E-state index in [1.807, 2.05) is 30.3 Å². The monoisotopic (exact) mass is 396 g/mol. The van der Waals surface area contributed by atoms with E-state index in [0.717, 1.165) is 5.56 Å². The number of benzene rings is 2. The van der Waals surface area contributed by atoms with Crippen LogP contribution < -0.4 is 0 Å². The van der Waals surface area contributed by atoms with Gasteiger partial charge in [0.2, 0.25) is 5.16 Å². The van der Waals surface area contributed by atoms with Crippen molar-refractivity contribution in [2.75, 3.05) is 0 Å². The molecule has 0 spiro atoms. The summed E-state index contributed by atoms with van der Waals surface area (Å²) in [5.41, 5.74) is 1.43. The molecule has 2 aromatic carbocycles. The first kappa shape index (κ1) is 17.4. The van der Waals surface area contributed by atoms with Gasteiger partial charge in [-0.25, -0.2) is 14.6 Å². The van der Waals surface area contributed by atoms with E-state index in [1.165, 1.54) is 29.1 Å². The molecular formula is C18H13ClN6OS. The van der Waals surface area contributed by atoms with Gasteiger partial charge >= 0.3 is 0 Å². The van der Waals surface area contributed by atoms with Crippen molar-refractivity contribution in [1.29, 1.82) is 0 Å². The van der Waals surface area contributed by atoms with Crippen molar-refractivity contribution >= 4 is 29.1 Å². The van der Waals surface area contributed by atoms with Crippen molar-refractivity contribution in [3.05, 3.63) is 77.8 Å². The smallest absolute Gasteiger partial charge is 0.211 e. The SMILES string of the molecule is O=C(c1ccccc1)C(Sc1n[nH]c(-c2ccc(Cl)cc2)n1)n1cncn1. The van der Waals surface area contributed by atoms with Crippen LogP contribution in [0, 0.1) is 0 Å². The quantitative estimate of drug-likeness (QED) is 0.393. The molecule has 0 aliphatic heterocycles. The molecule has 134 valence electrons. The number of hydrogen-bond acceptors (Lipinski definition) is 6. The molecule has 4 rings (SSSR count). The normalized spacial score (nSPS) is 12.0. The zero-order chi connectivity index (χ0) is 18.6.